The molecular formula is C20H25BrN2O2. The number of hydrogen-bond donors (Lipinski definition) is 2. The number of nitrogens with zero attached hydrogens (tertiary/aromatic N) is 1. The van der Waals surface area contributed by atoms with Gasteiger partial charge >= 0.3 is 0 Å². The quantitative estimate of drug-likeness (QED) is 0.658. The van der Waals surface area contributed by atoms with Crippen LogP contribution in [0.2, 0.25) is 0 Å². The Morgan fingerprint density at radius 2 is 1.92 bits per heavy atom. The summed E-state index contributed by atoms with van der Waals surface area (Å²) >= 11 is 3.45. The summed E-state index contributed by atoms with van der Waals surface area (Å²) in [7, 11) is 4.03. The van der Waals surface area contributed by atoms with Crippen LogP contribution in [0.1, 0.15) is 29.9 Å². The molecule has 0 aromatic heterocycles. The molecule has 2 aromatic carbocycles. The molecule has 2 rings (SSSR count). The van der Waals surface area contributed by atoms with Gasteiger partial charge in [-0.05, 0) is 50.8 Å². The van der Waals surface area contributed by atoms with Crippen molar-refractivity contribution < 1.29 is 9.90 Å². The van der Waals surface area contributed by atoms with E-state index in [1.165, 1.54) is 0 Å². The lowest BCUT2D eigenvalue weighted by atomic mass is 9.87. The molecule has 0 aliphatic rings. The van der Waals surface area contributed by atoms with Crippen molar-refractivity contribution in [2.45, 2.75) is 18.8 Å². The second-order valence-corrected chi connectivity index (χ2v) is 7.29. The van der Waals surface area contributed by atoms with Crippen LogP contribution in [0.25, 0.3) is 0 Å². The zero-order valence-corrected chi connectivity index (χ0v) is 16.3. The topological polar surface area (TPSA) is 52.6 Å². The van der Waals surface area contributed by atoms with Gasteiger partial charge < -0.3 is 15.3 Å². The third-order valence-corrected chi connectivity index (χ3v) is 4.55. The number of nitrogens with one attached hydrogen (secondary N) is 1. The average molecular weight is 405 g/mol. The van der Waals surface area contributed by atoms with Crippen molar-refractivity contribution in [1.29, 1.82) is 0 Å². The van der Waals surface area contributed by atoms with Crippen LogP contribution in [-0.4, -0.2) is 43.1 Å². The molecule has 0 bridgehead atoms. The zero-order chi connectivity index (χ0) is 18.2. The first kappa shape index (κ1) is 19.5. The molecule has 0 saturated carbocycles. The molecule has 25 heavy (non-hydrogen) atoms. The second-order valence-electron chi connectivity index (χ2n) is 6.38. The lowest BCUT2D eigenvalue weighted by Crippen LogP contribution is -2.28. The van der Waals surface area contributed by atoms with Gasteiger partial charge in [-0.3, -0.25) is 4.79 Å². The number of amides is 1. The van der Waals surface area contributed by atoms with Gasteiger partial charge in [-0.1, -0.05) is 46.3 Å². The Hall–Kier alpha value is -1.85. The molecule has 2 N–H and O–H groups in total. The number of carbonyl (C=O) groups excluding carboxylic acids is 1. The van der Waals surface area contributed by atoms with Gasteiger partial charge in [0.1, 0.15) is 5.75 Å². The summed E-state index contributed by atoms with van der Waals surface area (Å²) in [5.41, 5.74) is 1.77. The maximum Gasteiger partial charge on any atom is 0.220 e. The molecule has 0 aliphatic heterocycles. The lowest BCUT2D eigenvalue weighted by molar-refractivity contribution is -0.121. The van der Waals surface area contributed by atoms with Gasteiger partial charge in [-0.2, -0.15) is 0 Å². The van der Waals surface area contributed by atoms with Crippen molar-refractivity contribution in [1.82, 2.24) is 10.2 Å². The Morgan fingerprint density at radius 3 is 2.60 bits per heavy atom. The molecule has 2 aromatic rings. The number of aromatic hydroxyl groups is 1. The van der Waals surface area contributed by atoms with E-state index < -0.39 is 0 Å². The van der Waals surface area contributed by atoms with Crippen LogP contribution >= 0.6 is 15.9 Å². The highest BCUT2D eigenvalue weighted by Gasteiger charge is 2.21. The van der Waals surface area contributed by atoms with Gasteiger partial charge in [0.25, 0.3) is 0 Å². The standard InChI is InChI=1S/C20H25BrN2O2/c1-23(2)12-6-11-22-20(25)14-17(15-7-4-3-5-8-15)18-13-16(21)9-10-19(18)24/h3-5,7-10,13,17,24H,6,11-12,14H2,1-2H3,(H,22,25)/t17-/m0/s1. The first-order valence-electron chi connectivity index (χ1n) is 8.42. The molecule has 0 aliphatic carbocycles. The Bertz CT molecular complexity index is 689. The van der Waals surface area contributed by atoms with Crippen molar-refractivity contribution in [2.75, 3.05) is 27.2 Å². The van der Waals surface area contributed by atoms with Crippen molar-refractivity contribution in [2.24, 2.45) is 0 Å². The molecule has 0 unspecified atom stereocenters. The first-order chi connectivity index (χ1) is 12.0. The Balaban J connectivity index is 2.13. The SMILES string of the molecule is CN(C)CCCNC(=O)C[C@@H](c1ccccc1)c1cc(Br)ccc1O. The minimum absolute atomic E-state index is 0.00742. The summed E-state index contributed by atoms with van der Waals surface area (Å²) in [6.07, 6.45) is 1.22. The Kier molecular flexibility index (Phi) is 7.47. The third kappa shape index (κ3) is 6.18. The van der Waals surface area contributed by atoms with Gasteiger partial charge in [0.05, 0.1) is 0 Å². The van der Waals surface area contributed by atoms with Crippen LogP contribution in [0, 0.1) is 0 Å². The van der Waals surface area contributed by atoms with E-state index in [0.29, 0.717) is 13.0 Å². The van der Waals surface area contributed by atoms with E-state index in [9.17, 15) is 9.90 Å². The fourth-order valence-corrected chi connectivity index (χ4v) is 3.16. The Morgan fingerprint density at radius 1 is 1.20 bits per heavy atom. The third-order valence-electron chi connectivity index (χ3n) is 4.06. The largest absolute Gasteiger partial charge is 0.508 e. The molecule has 4 nitrogen and oxygen atoms in total. The zero-order valence-electron chi connectivity index (χ0n) is 14.7. The smallest absolute Gasteiger partial charge is 0.220 e. The molecule has 0 heterocycles. The van der Waals surface area contributed by atoms with E-state index in [1.807, 2.05) is 50.5 Å². The molecule has 0 fully saturated rings. The van der Waals surface area contributed by atoms with Crippen molar-refractivity contribution in [3.63, 3.8) is 0 Å². The maximum absolute atomic E-state index is 12.4. The van der Waals surface area contributed by atoms with E-state index in [0.717, 1.165) is 28.6 Å². The van der Waals surface area contributed by atoms with Gasteiger partial charge in [0.2, 0.25) is 5.91 Å². The first-order valence-corrected chi connectivity index (χ1v) is 9.21. The minimum atomic E-state index is -0.187. The van der Waals surface area contributed by atoms with Crippen molar-refractivity contribution in [3.8, 4) is 5.75 Å². The normalized spacial score (nSPS) is 12.2. The molecule has 5 heteroatoms. The number of carbonyl (C=O) groups is 1. The summed E-state index contributed by atoms with van der Waals surface area (Å²) in [6.45, 7) is 1.60. The molecule has 1 amide bonds. The average Bonchev–Trinajstić information content (AvgIpc) is 2.59. The monoisotopic (exact) mass is 404 g/mol. The molecule has 0 radical (unpaired) electrons. The summed E-state index contributed by atoms with van der Waals surface area (Å²) in [4.78, 5) is 14.5. The van der Waals surface area contributed by atoms with Crippen molar-refractivity contribution >= 4 is 21.8 Å². The highest BCUT2D eigenvalue weighted by molar-refractivity contribution is 9.10. The van der Waals surface area contributed by atoms with E-state index in [2.05, 4.69) is 26.1 Å². The van der Waals surface area contributed by atoms with Gasteiger partial charge in [-0.25, -0.2) is 0 Å². The highest BCUT2D eigenvalue weighted by atomic mass is 79.9. The summed E-state index contributed by atoms with van der Waals surface area (Å²) in [6, 6.07) is 15.2. The number of phenols is 1. The van der Waals surface area contributed by atoms with Crippen LogP contribution < -0.4 is 5.32 Å². The highest BCUT2D eigenvalue weighted by Crippen LogP contribution is 2.35. The van der Waals surface area contributed by atoms with Gasteiger partial charge in [0, 0.05) is 28.9 Å². The van der Waals surface area contributed by atoms with Gasteiger partial charge in [-0.15, -0.1) is 0 Å². The van der Waals surface area contributed by atoms with Crippen LogP contribution in [-0.2, 0) is 4.79 Å². The number of rotatable bonds is 8. The van der Waals surface area contributed by atoms with E-state index in [1.54, 1.807) is 12.1 Å². The molecular weight excluding hydrogens is 380 g/mol. The number of halogens is 1. The predicted molar refractivity (Wildman–Crippen MR) is 105 cm³/mol. The van der Waals surface area contributed by atoms with Gasteiger partial charge in [0.15, 0.2) is 0 Å². The van der Waals surface area contributed by atoms with E-state index in [4.69, 9.17) is 0 Å². The van der Waals surface area contributed by atoms with Crippen LogP contribution in [0.5, 0.6) is 5.75 Å². The Labute approximate surface area is 158 Å². The molecule has 1 atom stereocenters. The number of benzene rings is 2. The lowest BCUT2D eigenvalue weighted by Gasteiger charge is -2.19. The summed E-state index contributed by atoms with van der Waals surface area (Å²) in [5, 5.41) is 13.3. The van der Waals surface area contributed by atoms with Crippen molar-refractivity contribution in [3.05, 3.63) is 64.1 Å². The molecule has 0 spiro atoms. The van der Waals surface area contributed by atoms with Crippen LogP contribution in [0.3, 0.4) is 0 Å². The van der Waals surface area contributed by atoms with Crippen LogP contribution in [0.15, 0.2) is 53.0 Å². The second kappa shape index (κ2) is 9.59. The van der Waals surface area contributed by atoms with E-state index >= 15 is 0 Å². The van der Waals surface area contributed by atoms with E-state index in [-0.39, 0.29) is 17.6 Å². The molecule has 0 saturated heterocycles. The van der Waals surface area contributed by atoms with Crippen LogP contribution in [0.4, 0.5) is 0 Å². The number of hydrogen-bond acceptors (Lipinski definition) is 3. The molecule has 134 valence electrons. The fourth-order valence-electron chi connectivity index (χ4n) is 2.78. The minimum Gasteiger partial charge on any atom is -0.508 e. The number of phenolic OH excluding ortho intramolecular Hbond substituents is 1. The summed E-state index contributed by atoms with van der Waals surface area (Å²) in [5.74, 6) is 0.0111. The predicted octanol–water partition coefficient (Wildman–Crippen LogP) is 3.74. The summed E-state index contributed by atoms with van der Waals surface area (Å²) < 4.78 is 0.882. The maximum atomic E-state index is 12.4. The fraction of sp³-hybridized carbons (Fsp3) is 0.350.